The largest absolute Gasteiger partial charge is 0.455 e. The summed E-state index contributed by atoms with van der Waals surface area (Å²) in [5, 5.41) is 13.8. The summed E-state index contributed by atoms with van der Waals surface area (Å²) in [5.41, 5.74) is 0.0452. The van der Waals surface area contributed by atoms with Crippen LogP contribution in [0.25, 0.3) is 0 Å². The van der Waals surface area contributed by atoms with Crippen molar-refractivity contribution in [3.05, 3.63) is 97.1 Å². The molecule has 2 aromatic carbocycles. The second kappa shape index (κ2) is 17.2. The van der Waals surface area contributed by atoms with Gasteiger partial charge in [-0.05, 0) is 37.3 Å². The average molecular weight is 729 g/mol. The Morgan fingerprint density at radius 1 is 1.06 bits per heavy atom. The number of morpholine rings is 1. The summed E-state index contributed by atoms with van der Waals surface area (Å²) in [4.78, 5) is 62.6. The van der Waals surface area contributed by atoms with E-state index in [0.29, 0.717) is 56.7 Å². The molecule has 3 amide bonds. The van der Waals surface area contributed by atoms with Crippen LogP contribution in [-0.4, -0.2) is 120 Å². The Labute approximate surface area is 311 Å². The van der Waals surface area contributed by atoms with Crippen molar-refractivity contribution >= 4 is 23.7 Å². The van der Waals surface area contributed by atoms with Gasteiger partial charge in [0.1, 0.15) is 17.7 Å². The molecular weight excluding hydrogens is 676 g/mol. The first-order valence-corrected chi connectivity index (χ1v) is 18.7. The molecule has 0 saturated carbocycles. The molecule has 4 aliphatic heterocycles. The van der Waals surface area contributed by atoms with Gasteiger partial charge in [-0.1, -0.05) is 72.8 Å². The fraction of sp³-hybridized carbons (Fsp3) is 0.512. The van der Waals surface area contributed by atoms with Crippen LogP contribution in [0.5, 0.6) is 0 Å². The zero-order valence-electron chi connectivity index (χ0n) is 30.5. The van der Waals surface area contributed by atoms with Crippen molar-refractivity contribution < 1.29 is 38.5 Å². The van der Waals surface area contributed by atoms with Crippen LogP contribution >= 0.6 is 0 Å². The Bertz CT molecular complexity index is 1620. The Kier molecular flexibility index (Phi) is 12.4. The van der Waals surface area contributed by atoms with Gasteiger partial charge in [-0.3, -0.25) is 24.1 Å². The minimum atomic E-state index is -1.31. The van der Waals surface area contributed by atoms with Gasteiger partial charge in [-0.2, -0.15) is 0 Å². The summed E-state index contributed by atoms with van der Waals surface area (Å²) in [6.45, 7) is 13.0. The summed E-state index contributed by atoms with van der Waals surface area (Å²) < 4.78 is 18.5. The molecule has 2 bridgehead atoms. The van der Waals surface area contributed by atoms with Gasteiger partial charge in [0.05, 0.1) is 49.8 Å². The Balaban J connectivity index is 1.33. The number of likely N-dealkylation sites (tertiary alicyclic amines) is 1. The number of amides is 3. The maximum absolute atomic E-state index is 15.0. The molecule has 8 atom stereocenters. The van der Waals surface area contributed by atoms with Crippen LogP contribution in [0.2, 0.25) is 0 Å². The van der Waals surface area contributed by atoms with E-state index in [1.807, 2.05) is 60.7 Å². The monoisotopic (exact) mass is 728 g/mol. The number of nitrogens with one attached hydrogen (secondary N) is 1. The molecule has 12 heteroatoms. The number of esters is 1. The first-order chi connectivity index (χ1) is 25.7. The lowest BCUT2D eigenvalue weighted by molar-refractivity contribution is -0.162. The molecular formula is C41H52N4O8. The summed E-state index contributed by atoms with van der Waals surface area (Å²) in [7, 11) is 0. The van der Waals surface area contributed by atoms with Crippen LogP contribution in [-0.2, 0) is 33.4 Å². The van der Waals surface area contributed by atoms with Gasteiger partial charge >= 0.3 is 5.97 Å². The molecule has 4 aliphatic rings. The van der Waals surface area contributed by atoms with E-state index >= 15 is 0 Å². The van der Waals surface area contributed by atoms with Crippen molar-refractivity contribution in [1.29, 1.82) is 0 Å². The number of ether oxygens (including phenoxy) is 3. The molecule has 53 heavy (non-hydrogen) atoms. The number of benzene rings is 2. The third-order valence-corrected chi connectivity index (χ3v) is 11.2. The minimum Gasteiger partial charge on any atom is -0.455 e. The highest BCUT2D eigenvalue weighted by atomic mass is 16.6. The molecule has 0 aliphatic carbocycles. The molecule has 4 fully saturated rings. The highest BCUT2D eigenvalue weighted by Gasteiger charge is 2.76. The minimum absolute atomic E-state index is 0.201. The van der Waals surface area contributed by atoms with Crippen molar-refractivity contribution in [3.63, 3.8) is 0 Å². The Morgan fingerprint density at radius 2 is 1.74 bits per heavy atom. The number of carbonyl (C=O) groups is 4. The molecule has 0 radical (unpaired) electrons. The number of nitrogens with zero attached hydrogens (tertiary/aromatic N) is 3. The standard InChI is InChI=1S/C41H52N4O8/c1-4-6-17-33(47)42-28(3)36(30-15-11-8-12-16-30)52-40(50)34-32-18-19-41(53-32)35(34)38(48)45(31(27-46)29-13-9-7-10-14-29)37(41)39(49)44(20-5-2)22-21-43-23-25-51-26-24-43/h4-5,7-16,28,31-32,34-37,46H,1-2,6,17-27H2,3H3,(H,42,47)/t28-,31-,32-,34+,35+,36-,37-,41+/m1/s1. The first kappa shape index (κ1) is 38.4. The molecule has 1 spiro atoms. The van der Waals surface area contributed by atoms with E-state index in [1.165, 1.54) is 4.90 Å². The van der Waals surface area contributed by atoms with Gasteiger partial charge in [0.25, 0.3) is 0 Å². The second-order valence-corrected chi connectivity index (χ2v) is 14.4. The van der Waals surface area contributed by atoms with E-state index in [-0.39, 0.29) is 24.8 Å². The summed E-state index contributed by atoms with van der Waals surface area (Å²) >= 11 is 0. The van der Waals surface area contributed by atoms with Crippen LogP contribution in [0.4, 0.5) is 0 Å². The van der Waals surface area contributed by atoms with Crippen molar-refractivity contribution in [2.24, 2.45) is 11.8 Å². The number of aliphatic hydroxyl groups is 1. The number of hydrogen-bond donors (Lipinski definition) is 2. The quantitative estimate of drug-likeness (QED) is 0.186. The fourth-order valence-electron chi connectivity index (χ4n) is 8.65. The highest BCUT2D eigenvalue weighted by molar-refractivity contribution is 5.98. The number of hydrogen-bond acceptors (Lipinski definition) is 9. The average Bonchev–Trinajstić information content (AvgIpc) is 3.83. The van der Waals surface area contributed by atoms with Gasteiger partial charge in [-0.15, -0.1) is 13.2 Å². The summed E-state index contributed by atoms with van der Waals surface area (Å²) in [5.74, 6) is -3.57. The summed E-state index contributed by atoms with van der Waals surface area (Å²) in [6.07, 6.45) is 3.44. The van der Waals surface area contributed by atoms with Gasteiger partial charge in [0.15, 0.2) is 0 Å². The van der Waals surface area contributed by atoms with Crippen LogP contribution in [0.3, 0.4) is 0 Å². The van der Waals surface area contributed by atoms with Gasteiger partial charge in [0.2, 0.25) is 17.7 Å². The first-order valence-electron chi connectivity index (χ1n) is 18.7. The molecule has 2 N–H and O–H groups in total. The lowest BCUT2D eigenvalue weighted by Gasteiger charge is -2.40. The van der Waals surface area contributed by atoms with Crippen molar-refractivity contribution in [1.82, 2.24) is 20.0 Å². The molecule has 6 rings (SSSR count). The van der Waals surface area contributed by atoms with Crippen molar-refractivity contribution in [2.45, 2.75) is 68.5 Å². The summed E-state index contributed by atoms with van der Waals surface area (Å²) in [6, 6.07) is 15.8. The number of carbonyl (C=O) groups excluding carboxylic acids is 4. The lowest BCUT2D eigenvalue weighted by atomic mass is 9.70. The molecule has 4 heterocycles. The van der Waals surface area contributed by atoms with Crippen LogP contribution < -0.4 is 5.32 Å². The SMILES string of the molecule is C=CCCC(=O)N[C@H](C)[C@@H](OC(=O)[C@@H]1[C@H]2C(=O)N([C@H](CO)c3ccccc3)[C@H](C(=O)N(CC=C)CCN3CCOCC3)[C@]23CC[C@H]1O3)c1ccccc1. The maximum atomic E-state index is 15.0. The fourth-order valence-corrected chi connectivity index (χ4v) is 8.65. The van der Waals surface area contributed by atoms with Gasteiger partial charge < -0.3 is 34.4 Å². The van der Waals surface area contributed by atoms with Crippen molar-refractivity contribution in [3.8, 4) is 0 Å². The third-order valence-electron chi connectivity index (χ3n) is 11.2. The third kappa shape index (κ3) is 7.82. The van der Waals surface area contributed by atoms with Crippen LogP contribution in [0, 0.1) is 11.8 Å². The van der Waals surface area contributed by atoms with E-state index in [9.17, 15) is 24.3 Å². The maximum Gasteiger partial charge on any atom is 0.313 e. The van der Waals surface area contributed by atoms with E-state index in [0.717, 1.165) is 13.1 Å². The van der Waals surface area contributed by atoms with Crippen LogP contribution in [0.15, 0.2) is 86.0 Å². The predicted octanol–water partition coefficient (Wildman–Crippen LogP) is 3.20. The zero-order chi connectivity index (χ0) is 37.5. The molecule has 12 nitrogen and oxygen atoms in total. The highest BCUT2D eigenvalue weighted by Crippen LogP contribution is 2.60. The number of aliphatic hydroxyl groups excluding tert-OH is 1. The number of rotatable bonds is 17. The molecule has 4 saturated heterocycles. The Hall–Kier alpha value is -4.36. The number of fused-ring (bicyclic) bond motifs is 1. The number of allylic oxidation sites excluding steroid dienone is 1. The molecule has 2 aromatic rings. The van der Waals surface area contributed by atoms with Gasteiger partial charge in [0, 0.05) is 39.1 Å². The smallest absolute Gasteiger partial charge is 0.313 e. The normalized spacial score (nSPS) is 26.7. The van der Waals surface area contributed by atoms with Crippen molar-refractivity contribution in [2.75, 3.05) is 52.5 Å². The second-order valence-electron chi connectivity index (χ2n) is 14.4. The topological polar surface area (TPSA) is 138 Å². The Morgan fingerprint density at radius 3 is 2.38 bits per heavy atom. The van der Waals surface area contributed by atoms with Crippen LogP contribution in [0.1, 0.15) is 55.9 Å². The predicted molar refractivity (Wildman–Crippen MR) is 197 cm³/mol. The van der Waals surface area contributed by atoms with E-state index < -0.39 is 66.3 Å². The molecule has 284 valence electrons. The van der Waals surface area contributed by atoms with E-state index in [4.69, 9.17) is 14.2 Å². The molecule has 0 unspecified atom stereocenters. The molecule has 0 aromatic heterocycles. The van der Waals surface area contributed by atoms with E-state index in [2.05, 4.69) is 23.4 Å². The van der Waals surface area contributed by atoms with E-state index in [1.54, 1.807) is 24.0 Å². The lowest BCUT2D eigenvalue weighted by Crippen LogP contribution is -2.58. The van der Waals surface area contributed by atoms with Gasteiger partial charge in [-0.25, -0.2) is 0 Å². The zero-order valence-corrected chi connectivity index (χ0v) is 30.5.